The Hall–Kier alpha value is -2.33. The van der Waals surface area contributed by atoms with Crippen LogP contribution in [0.5, 0.6) is 11.8 Å². The maximum Gasteiger partial charge on any atom is 0.216 e. The van der Waals surface area contributed by atoms with Crippen LogP contribution in [-0.4, -0.2) is 14.9 Å². The number of hydrogen-bond donors (Lipinski definition) is 3. The Morgan fingerprint density at radius 3 is 2.10 bits per heavy atom. The maximum atomic E-state index is 10.1. The average Bonchev–Trinajstić information content (AvgIpc) is 2.68. The van der Waals surface area contributed by atoms with Gasteiger partial charge < -0.3 is 10.2 Å². The molecule has 4 nitrogen and oxygen atoms in total. The first kappa shape index (κ1) is 13.6. The summed E-state index contributed by atoms with van der Waals surface area (Å²) < 4.78 is 1.26. The van der Waals surface area contributed by atoms with Crippen molar-refractivity contribution in [2.24, 2.45) is 0 Å². The predicted octanol–water partition coefficient (Wildman–Crippen LogP) is 4.20. The quantitative estimate of drug-likeness (QED) is 0.665. The lowest BCUT2D eigenvalue weighted by atomic mass is 10.1. The van der Waals surface area contributed by atoms with Gasteiger partial charge in [0.05, 0.1) is 5.69 Å². The molecule has 3 rings (SSSR count). The summed E-state index contributed by atoms with van der Waals surface area (Å²) in [5.74, 6) is -0.0203. The van der Waals surface area contributed by atoms with Crippen LogP contribution in [0.25, 0.3) is 10.8 Å². The second-order valence-electron chi connectivity index (χ2n) is 4.98. The minimum Gasteiger partial charge on any atom is -0.493 e. The molecule has 0 amide bonds. The van der Waals surface area contributed by atoms with Crippen molar-refractivity contribution in [2.45, 2.75) is 13.8 Å². The molecular weight excluding hydrogens is 288 g/mol. The highest BCUT2D eigenvalue weighted by atomic mass is 35.5. The molecule has 5 heteroatoms. The molecule has 0 radical (unpaired) electrons. The van der Waals surface area contributed by atoms with Crippen LogP contribution in [0.3, 0.4) is 0 Å². The summed E-state index contributed by atoms with van der Waals surface area (Å²) in [6, 6.07) is 11.3. The first-order valence-electron chi connectivity index (χ1n) is 6.55. The minimum atomic E-state index is -0.0102. The molecule has 0 atom stereocenters. The molecule has 2 aromatic carbocycles. The van der Waals surface area contributed by atoms with Crippen LogP contribution in [0.1, 0.15) is 11.1 Å². The normalized spacial score (nSPS) is 11.0. The predicted molar refractivity (Wildman–Crippen MR) is 85.2 cm³/mol. The van der Waals surface area contributed by atoms with E-state index in [-0.39, 0.29) is 11.8 Å². The number of aromatic hydroxyl groups is 2. The lowest BCUT2D eigenvalue weighted by Gasteiger charge is -2.13. The maximum absolute atomic E-state index is 10.1. The third-order valence-corrected chi connectivity index (χ3v) is 4.09. The zero-order valence-corrected chi connectivity index (χ0v) is 12.4. The van der Waals surface area contributed by atoms with Crippen molar-refractivity contribution in [3.05, 3.63) is 52.5 Å². The van der Waals surface area contributed by atoms with Gasteiger partial charge in [-0.2, -0.15) is 4.68 Å². The number of nitrogens with one attached hydrogen (secondary N) is 1. The van der Waals surface area contributed by atoms with E-state index in [0.717, 1.165) is 16.5 Å². The van der Waals surface area contributed by atoms with E-state index in [9.17, 15) is 10.2 Å². The van der Waals surface area contributed by atoms with E-state index in [2.05, 4.69) is 5.43 Å². The SMILES string of the molecule is Cc1c(C)c(O)n(Nc2ccc(Cl)c3ccccc23)c1O. The molecule has 3 N–H and O–H groups in total. The van der Waals surface area contributed by atoms with Crippen LogP contribution >= 0.6 is 11.6 Å². The number of nitrogens with zero attached hydrogens (tertiary/aromatic N) is 1. The smallest absolute Gasteiger partial charge is 0.216 e. The number of rotatable bonds is 2. The number of anilines is 1. The summed E-state index contributed by atoms with van der Waals surface area (Å²) >= 11 is 6.19. The van der Waals surface area contributed by atoms with Crippen molar-refractivity contribution in [1.29, 1.82) is 0 Å². The van der Waals surface area contributed by atoms with Gasteiger partial charge in [0.15, 0.2) is 0 Å². The van der Waals surface area contributed by atoms with Crippen LogP contribution in [0.15, 0.2) is 36.4 Å². The summed E-state index contributed by atoms with van der Waals surface area (Å²) in [5.41, 5.74) is 5.05. The van der Waals surface area contributed by atoms with Crippen LogP contribution in [0, 0.1) is 13.8 Å². The Morgan fingerprint density at radius 1 is 0.905 bits per heavy atom. The highest BCUT2D eigenvalue weighted by Gasteiger charge is 2.17. The first-order valence-corrected chi connectivity index (χ1v) is 6.92. The molecular formula is C16H15ClN2O2. The molecule has 3 aromatic rings. The van der Waals surface area contributed by atoms with Crippen LogP contribution in [0.2, 0.25) is 5.02 Å². The number of halogens is 1. The fraction of sp³-hybridized carbons (Fsp3) is 0.125. The zero-order valence-electron chi connectivity index (χ0n) is 11.7. The van der Waals surface area contributed by atoms with Gasteiger partial charge in [-0.3, -0.25) is 5.43 Å². The van der Waals surface area contributed by atoms with Gasteiger partial charge in [-0.25, -0.2) is 0 Å². The Balaban J connectivity index is 2.16. The summed E-state index contributed by atoms with van der Waals surface area (Å²) in [7, 11) is 0. The Bertz CT molecular complexity index is 814. The van der Waals surface area contributed by atoms with E-state index in [1.54, 1.807) is 19.9 Å². The van der Waals surface area contributed by atoms with E-state index in [0.29, 0.717) is 16.1 Å². The fourth-order valence-electron chi connectivity index (χ4n) is 2.36. The molecule has 0 unspecified atom stereocenters. The van der Waals surface area contributed by atoms with Crippen molar-refractivity contribution in [1.82, 2.24) is 4.68 Å². The molecule has 0 spiro atoms. The summed E-state index contributed by atoms with van der Waals surface area (Å²) in [6.45, 7) is 3.51. The summed E-state index contributed by atoms with van der Waals surface area (Å²) in [5, 5.41) is 22.7. The van der Waals surface area contributed by atoms with Gasteiger partial charge >= 0.3 is 0 Å². The van der Waals surface area contributed by atoms with Gasteiger partial charge in [-0.1, -0.05) is 35.9 Å². The molecule has 0 bridgehead atoms. The first-order chi connectivity index (χ1) is 10.0. The molecule has 0 fully saturated rings. The van der Waals surface area contributed by atoms with Gasteiger partial charge in [-0.05, 0) is 26.0 Å². The third-order valence-electron chi connectivity index (χ3n) is 3.76. The number of hydrogen-bond acceptors (Lipinski definition) is 3. The standard InChI is InChI=1S/C16H15ClN2O2/c1-9-10(2)16(21)19(15(9)20)18-14-8-7-13(17)11-5-3-4-6-12(11)14/h3-8,18,20-21H,1-2H3. The van der Waals surface area contributed by atoms with Crippen molar-refractivity contribution < 1.29 is 10.2 Å². The van der Waals surface area contributed by atoms with Gasteiger partial charge in [0, 0.05) is 26.9 Å². The van der Waals surface area contributed by atoms with Crippen molar-refractivity contribution in [3.8, 4) is 11.8 Å². The van der Waals surface area contributed by atoms with E-state index < -0.39 is 0 Å². The number of aromatic nitrogens is 1. The molecule has 0 aliphatic heterocycles. The van der Waals surface area contributed by atoms with E-state index in [4.69, 9.17) is 11.6 Å². The van der Waals surface area contributed by atoms with E-state index >= 15 is 0 Å². The summed E-state index contributed by atoms with van der Waals surface area (Å²) in [6.07, 6.45) is 0. The average molecular weight is 303 g/mol. The second-order valence-corrected chi connectivity index (χ2v) is 5.39. The Morgan fingerprint density at radius 2 is 1.48 bits per heavy atom. The van der Waals surface area contributed by atoms with Gasteiger partial charge in [0.25, 0.3) is 0 Å². The number of benzene rings is 2. The zero-order chi connectivity index (χ0) is 15.1. The molecule has 1 heterocycles. The Labute approximate surface area is 127 Å². The molecule has 0 saturated heterocycles. The molecule has 0 aliphatic rings. The van der Waals surface area contributed by atoms with Crippen LogP contribution in [-0.2, 0) is 0 Å². The van der Waals surface area contributed by atoms with E-state index in [1.807, 2.05) is 30.3 Å². The van der Waals surface area contributed by atoms with Crippen molar-refractivity contribution >= 4 is 28.1 Å². The fourth-order valence-corrected chi connectivity index (χ4v) is 2.59. The highest BCUT2D eigenvalue weighted by molar-refractivity contribution is 6.36. The highest BCUT2D eigenvalue weighted by Crippen LogP contribution is 2.34. The monoisotopic (exact) mass is 302 g/mol. The lowest BCUT2D eigenvalue weighted by Crippen LogP contribution is -2.08. The van der Waals surface area contributed by atoms with Crippen LogP contribution < -0.4 is 5.43 Å². The number of fused-ring (bicyclic) bond motifs is 1. The Kier molecular flexibility index (Phi) is 3.18. The summed E-state index contributed by atoms with van der Waals surface area (Å²) in [4.78, 5) is 0. The minimum absolute atomic E-state index is 0.0102. The van der Waals surface area contributed by atoms with Crippen LogP contribution in [0.4, 0.5) is 5.69 Å². The van der Waals surface area contributed by atoms with Gasteiger partial charge in [-0.15, -0.1) is 0 Å². The molecule has 108 valence electrons. The van der Waals surface area contributed by atoms with Crippen molar-refractivity contribution in [3.63, 3.8) is 0 Å². The van der Waals surface area contributed by atoms with Gasteiger partial charge in [0.1, 0.15) is 0 Å². The lowest BCUT2D eigenvalue weighted by molar-refractivity contribution is 0.391. The molecule has 1 aromatic heterocycles. The van der Waals surface area contributed by atoms with Gasteiger partial charge in [0.2, 0.25) is 11.8 Å². The molecule has 21 heavy (non-hydrogen) atoms. The van der Waals surface area contributed by atoms with Crippen molar-refractivity contribution in [2.75, 3.05) is 5.43 Å². The largest absolute Gasteiger partial charge is 0.493 e. The van der Waals surface area contributed by atoms with E-state index in [1.165, 1.54) is 4.68 Å². The topological polar surface area (TPSA) is 57.4 Å². The third kappa shape index (κ3) is 2.08. The molecule has 0 aliphatic carbocycles. The molecule has 0 saturated carbocycles. The second kappa shape index (κ2) is 4.90.